The van der Waals surface area contributed by atoms with Gasteiger partial charge in [-0.1, -0.05) is 11.6 Å². The molecule has 0 amide bonds. The van der Waals surface area contributed by atoms with Crippen molar-refractivity contribution < 1.29 is 8.42 Å². The van der Waals surface area contributed by atoms with Crippen LogP contribution in [0, 0.1) is 0 Å². The second-order valence-electron chi connectivity index (χ2n) is 4.43. The molecule has 21 heavy (non-hydrogen) atoms. The number of benzene rings is 1. The highest BCUT2D eigenvalue weighted by atomic mass is 79.9. The van der Waals surface area contributed by atoms with Gasteiger partial charge in [0.25, 0.3) is 0 Å². The maximum absolute atomic E-state index is 11.2. The molecular weight excluding hydrogens is 378 g/mol. The Balaban J connectivity index is 2.14. The number of aromatic nitrogens is 1. The molecule has 2 rings (SSSR count). The van der Waals surface area contributed by atoms with Crippen molar-refractivity contribution in [3.63, 3.8) is 0 Å². The maximum Gasteiger partial charge on any atom is 0.229 e. The second kappa shape index (κ2) is 6.64. The lowest BCUT2D eigenvalue weighted by Gasteiger charge is -2.11. The van der Waals surface area contributed by atoms with Crippen molar-refractivity contribution in [3.05, 3.63) is 51.7 Å². The first-order valence-electron chi connectivity index (χ1n) is 5.94. The Morgan fingerprint density at radius 3 is 2.71 bits per heavy atom. The SMILES string of the molecule is CS(=O)(=O)Nc1ccc(Cl)c(NCc2cncc(Br)c2)c1. The molecule has 0 fully saturated rings. The predicted octanol–water partition coefficient (Wildman–Crippen LogP) is 3.48. The largest absolute Gasteiger partial charge is 0.380 e. The van der Waals surface area contributed by atoms with E-state index < -0.39 is 10.0 Å². The molecule has 0 atom stereocenters. The van der Waals surface area contributed by atoms with Crippen LogP contribution in [0.3, 0.4) is 0 Å². The zero-order chi connectivity index (χ0) is 15.5. The van der Waals surface area contributed by atoms with Crippen molar-refractivity contribution in [2.75, 3.05) is 16.3 Å². The van der Waals surface area contributed by atoms with Gasteiger partial charge in [0, 0.05) is 23.4 Å². The molecule has 0 unspecified atom stereocenters. The van der Waals surface area contributed by atoms with Crippen LogP contribution < -0.4 is 10.0 Å². The molecule has 1 aromatic carbocycles. The number of rotatable bonds is 5. The van der Waals surface area contributed by atoms with Crippen LogP contribution in [0.5, 0.6) is 0 Å². The normalized spacial score (nSPS) is 11.2. The van der Waals surface area contributed by atoms with Crippen LogP contribution in [-0.2, 0) is 16.6 Å². The van der Waals surface area contributed by atoms with Crippen molar-refractivity contribution in [3.8, 4) is 0 Å². The maximum atomic E-state index is 11.2. The van der Waals surface area contributed by atoms with E-state index in [4.69, 9.17) is 11.6 Å². The Morgan fingerprint density at radius 2 is 2.05 bits per heavy atom. The minimum Gasteiger partial charge on any atom is -0.380 e. The molecule has 0 bridgehead atoms. The highest BCUT2D eigenvalue weighted by molar-refractivity contribution is 9.10. The van der Waals surface area contributed by atoms with Crippen LogP contribution >= 0.6 is 27.5 Å². The lowest BCUT2D eigenvalue weighted by atomic mass is 10.2. The fraction of sp³-hybridized carbons (Fsp3) is 0.154. The summed E-state index contributed by atoms with van der Waals surface area (Å²) in [4.78, 5) is 4.07. The Hall–Kier alpha value is -1.31. The number of hydrogen-bond donors (Lipinski definition) is 2. The van der Waals surface area contributed by atoms with Crippen LogP contribution in [0.25, 0.3) is 0 Å². The smallest absolute Gasteiger partial charge is 0.229 e. The molecule has 0 aliphatic heterocycles. The van der Waals surface area contributed by atoms with Crippen molar-refractivity contribution in [2.45, 2.75) is 6.54 Å². The topological polar surface area (TPSA) is 71.1 Å². The second-order valence-corrected chi connectivity index (χ2v) is 7.51. The number of halogens is 2. The van der Waals surface area contributed by atoms with E-state index in [-0.39, 0.29) is 0 Å². The molecule has 5 nitrogen and oxygen atoms in total. The van der Waals surface area contributed by atoms with E-state index in [9.17, 15) is 8.42 Å². The average Bonchev–Trinajstić information content (AvgIpc) is 2.38. The first kappa shape index (κ1) is 16.1. The van der Waals surface area contributed by atoms with E-state index in [1.165, 1.54) is 0 Å². The van der Waals surface area contributed by atoms with E-state index in [2.05, 4.69) is 31.0 Å². The van der Waals surface area contributed by atoms with Gasteiger partial charge in [0.15, 0.2) is 0 Å². The van der Waals surface area contributed by atoms with Gasteiger partial charge >= 0.3 is 0 Å². The van der Waals surface area contributed by atoms with Gasteiger partial charge in [-0.3, -0.25) is 9.71 Å². The van der Waals surface area contributed by atoms with Crippen LogP contribution in [0.15, 0.2) is 41.1 Å². The molecule has 0 aliphatic carbocycles. The van der Waals surface area contributed by atoms with Gasteiger partial charge in [-0.05, 0) is 45.8 Å². The molecule has 1 heterocycles. The predicted molar refractivity (Wildman–Crippen MR) is 89.2 cm³/mol. The average molecular weight is 391 g/mol. The number of sulfonamides is 1. The van der Waals surface area contributed by atoms with Crippen LogP contribution in [0.2, 0.25) is 5.02 Å². The van der Waals surface area contributed by atoms with Crippen molar-refractivity contribution >= 4 is 48.9 Å². The summed E-state index contributed by atoms with van der Waals surface area (Å²) in [5, 5.41) is 3.67. The molecular formula is C13H13BrClN3O2S. The third-order valence-electron chi connectivity index (χ3n) is 2.51. The Kier molecular flexibility index (Phi) is 5.08. The van der Waals surface area contributed by atoms with Gasteiger partial charge in [0.1, 0.15) is 0 Å². The van der Waals surface area contributed by atoms with Crippen LogP contribution in [0.1, 0.15) is 5.56 Å². The minimum absolute atomic E-state index is 0.455. The number of nitrogens with one attached hydrogen (secondary N) is 2. The van der Waals surface area contributed by atoms with Gasteiger partial charge in [0.05, 0.1) is 22.7 Å². The van der Waals surface area contributed by atoms with E-state index in [0.29, 0.717) is 22.9 Å². The van der Waals surface area contributed by atoms with E-state index in [0.717, 1.165) is 16.3 Å². The highest BCUT2D eigenvalue weighted by Crippen LogP contribution is 2.26. The number of pyridine rings is 1. The van der Waals surface area contributed by atoms with E-state index >= 15 is 0 Å². The quantitative estimate of drug-likeness (QED) is 0.820. The highest BCUT2D eigenvalue weighted by Gasteiger charge is 2.06. The lowest BCUT2D eigenvalue weighted by Crippen LogP contribution is -2.10. The summed E-state index contributed by atoms with van der Waals surface area (Å²) in [6, 6.07) is 6.83. The van der Waals surface area contributed by atoms with Crippen LogP contribution in [0.4, 0.5) is 11.4 Å². The summed E-state index contributed by atoms with van der Waals surface area (Å²) < 4.78 is 25.8. The fourth-order valence-corrected chi connectivity index (χ4v) is 2.84. The molecule has 8 heteroatoms. The Morgan fingerprint density at radius 1 is 1.29 bits per heavy atom. The van der Waals surface area contributed by atoms with Crippen LogP contribution in [-0.4, -0.2) is 19.7 Å². The third kappa shape index (κ3) is 5.18. The Bertz CT molecular complexity index is 753. The standard InChI is InChI=1S/C13H13BrClN3O2S/c1-21(19,20)18-11-2-3-12(15)13(5-11)17-7-9-4-10(14)8-16-6-9/h2-6,8,17-18H,7H2,1H3. The summed E-state index contributed by atoms with van der Waals surface area (Å²) in [5.41, 5.74) is 2.07. The summed E-state index contributed by atoms with van der Waals surface area (Å²) in [6.45, 7) is 0.522. The first-order valence-corrected chi connectivity index (χ1v) is 9.00. The number of anilines is 2. The summed E-state index contributed by atoms with van der Waals surface area (Å²) in [5.74, 6) is 0. The first-order chi connectivity index (χ1) is 9.83. The summed E-state index contributed by atoms with van der Waals surface area (Å²) in [7, 11) is -3.32. The zero-order valence-electron chi connectivity index (χ0n) is 11.1. The minimum atomic E-state index is -3.32. The van der Waals surface area contributed by atoms with E-state index in [1.807, 2.05) is 6.07 Å². The Labute approximate surface area is 136 Å². The molecule has 0 spiro atoms. The number of hydrogen-bond acceptors (Lipinski definition) is 4. The van der Waals surface area contributed by atoms with Gasteiger partial charge in [-0.15, -0.1) is 0 Å². The monoisotopic (exact) mass is 389 g/mol. The third-order valence-corrected chi connectivity index (χ3v) is 3.88. The zero-order valence-corrected chi connectivity index (χ0v) is 14.3. The molecule has 2 N–H and O–H groups in total. The lowest BCUT2D eigenvalue weighted by molar-refractivity contribution is 0.607. The molecule has 0 radical (unpaired) electrons. The molecule has 0 aliphatic rings. The molecule has 0 saturated heterocycles. The molecule has 1 aromatic heterocycles. The molecule has 0 saturated carbocycles. The van der Waals surface area contributed by atoms with Gasteiger partial charge < -0.3 is 5.32 Å². The number of nitrogens with zero attached hydrogens (tertiary/aromatic N) is 1. The summed E-state index contributed by atoms with van der Waals surface area (Å²) >= 11 is 9.45. The fourth-order valence-electron chi connectivity index (χ4n) is 1.69. The van der Waals surface area contributed by atoms with E-state index in [1.54, 1.807) is 30.6 Å². The van der Waals surface area contributed by atoms with Gasteiger partial charge in [-0.2, -0.15) is 0 Å². The van der Waals surface area contributed by atoms with Crippen molar-refractivity contribution in [2.24, 2.45) is 0 Å². The van der Waals surface area contributed by atoms with Crippen molar-refractivity contribution in [1.29, 1.82) is 0 Å². The van der Waals surface area contributed by atoms with Gasteiger partial charge in [-0.25, -0.2) is 8.42 Å². The van der Waals surface area contributed by atoms with Crippen molar-refractivity contribution in [1.82, 2.24) is 4.98 Å². The molecule has 112 valence electrons. The van der Waals surface area contributed by atoms with Gasteiger partial charge in [0.2, 0.25) is 10.0 Å². The molecule has 2 aromatic rings. The summed E-state index contributed by atoms with van der Waals surface area (Å²) in [6.07, 6.45) is 4.54.